The van der Waals surface area contributed by atoms with Gasteiger partial charge in [0.2, 0.25) is 0 Å². The number of rotatable bonds is 3. The first kappa shape index (κ1) is 14.6. The lowest BCUT2D eigenvalue weighted by atomic mass is 10.2. The van der Waals surface area contributed by atoms with Gasteiger partial charge >= 0.3 is 6.18 Å². The highest BCUT2D eigenvalue weighted by atomic mass is 32.2. The molecule has 0 amide bonds. The quantitative estimate of drug-likeness (QED) is 0.527. The van der Waals surface area contributed by atoms with E-state index in [-0.39, 0.29) is 5.75 Å². The highest BCUT2D eigenvalue weighted by molar-refractivity contribution is 7.98. The number of anilines is 1. The van der Waals surface area contributed by atoms with Crippen molar-refractivity contribution in [1.82, 2.24) is 4.98 Å². The zero-order chi connectivity index (χ0) is 14.8. The number of thioether (sulfide) groups is 1. The van der Waals surface area contributed by atoms with E-state index in [0.29, 0.717) is 16.3 Å². The van der Waals surface area contributed by atoms with Gasteiger partial charge in [-0.1, -0.05) is 6.07 Å². The lowest BCUT2D eigenvalue weighted by Crippen LogP contribution is -2.05. The Kier molecular flexibility index (Phi) is 4.17. The van der Waals surface area contributed by atoms with Gasteiger partial charge in [-0.2, -0.15) is 13.2 Å². The molecule has 2 nitrogen and oxygen atoms in total. The van der Waals surface area contributed by atoms with Crippen LogP contribution < -0.4 is 5.73 Å². The number of hydrogen-bond acceptors (Lipinski definition) is 3. The van der Waals surface area contributed by atoms with Crippen LogP contribution in [0.4, 0.5) is 23.2 Å². The van der Waals surface area contributed by atoms with E-state index in [0.717, 1.165) is 24.0 Å². The molecule has 0 aliphatic carbocycles. The summed E-state index contributed by atoms with van der Waals surface area (Å²) in [6, 6.07) is 6.54. The average Bonchev–Trinajstić information content (AvgIpc) is 2.37. The number of nitrogens with zero attached hydrogens (tertiary/aromatic N) is 1. The number of halogens is 4. The largest absolute Gasteiger partial charge is 0.417 e. The number of aromatic nitrogens is 1. The van der Waals surface area contributed by atoms with Gasteiger partial charge in [-0.15, -0.1) is 11.8 Å². The van der Waals surface area contributed by atoms with E-state index in [2.05, 4.69) is 4.98 Å². The van der Waals surface area contributed by atoms with Crippen LogP contribution in [0, 0.1) is 5.82 Å². The molecule has 0 saturated heterocycles. The maximum atomic E-state index is 13.5. The lowest BCUT2D eigenvalue weighted by Gasteiger charge is -2.07. The zero-order valence-corrected chi connectivity index (χ0v) is 10.9. The molecule has 0 saturated carbocycles. The number of nitrogens with two attached hydrogens (primary N) is 1. The molecule has 0 spiro atoms. The lowest BCUT2D eigenvalue weighted by molar-refractivity contribution is -0.137. The predicted molar refractivity (Wildman–Crippen MR) is 69.6 cm³/mol. The van der Waals surface area contributed by atoms with Crippen molar-refractivity contribution in [1.29, 1.82) is 0 Å². The van der Waals surface area contributed by atoms with Crippen LogP contribution >= 0.6 is 11.8 Å². The Balaban J connectivity index is 2.04. The molecule has 0 bridgehead atoms. The normalized spacial score (nSPS) is 11.6. The molecule has 0 aliphatic heterocycles. The van der Waals surface area contributed by atoms with Gasteiger partial charge in [-0.05, 0) is 29.8 Å². The molecule has 2 N–H and O–H groups in total. The number of alkyl halides is 3. The fourth-order valence-electron chi connectivity index (χ4n) is 1.47. The fraction of sp³-hybridized carbons (Fsp3) is 0.154. The minimum absolute atomic E-state index is 0.268. The second kappa shape index (κ2) is 5.70. The topological polar surface area (TPSA) is 38.9 Å². The van der Waals surface area contributed by atoms with Gasteiger partial charge in [-0.3, -0.25) is 0 Å². The van der Waals surface area contributed by atoms with E-state index < -0.39 is 17.6 Å². The van der Waals surface area contributed by atoms with E-state index in [1.54, 1.807) is 12.1 Å². The van der Waals surface area contributed by atoms with Crippen LogP contribution in [0.5, 0.6) is 0 Å². The summed E-state index contributed by atoms with van der Waals surface area (Å²) in [5, 5.41) is 0.397. The summed E-state index contributed by atoms with van der Waals surface area (Å²) in [6.07, 6.45) is -3.64. The Morgan fingerprint density at radius 2 is 1.90 bits per heavy atom. The van der Waals surface area contributed by atoms with E-state index in [1.165, 1.54) is 12.1 Å². The van der Waals surface area contributed by atoms with Gasteiger partial charge in [0.15, 0.2) is 0 Å². The van der Waals surface area contributed by atoms with Crippen LogP contribution in [0.3, 0.4) is 0 Å². The van der Waals surface area contributed by atoms with Crippen LogP contribution in [0.1, 0.15) is 11.1 Å². The van der Waals surface area contributed by atoms with E-state index >= 15 is 0 Å². The van der Waals surface area contributed by atoms with Crippen molar-refractivity contribution in [3.8, 4) is 0 Å². The highest BCUT2D eigenvalue weighted by Gasteiger charge is 2.30. The van der Waals surface area contributed by atoms with E-state index in [4.69, 9.17) is 5.73 Å². The maximum absolute atomic E-state index is 13.5. The van der Waals surface area contributed by atoms with Crippen LogP contribution in [-0.2, 0) is 11.9 Å². The van der Waals surface area contributed by atoms with Crippen molar-refractivity contribution < 1.29 is 17.6 Å². The minimum Gasteiger partial charge on any atom is -0.399 e. The Bertz CT molecular complexity index is 596. The molecule has 2 rings (SSSR count). The van der Waals surface area contributed by atoms with Crippen molar-refractivity contribution >= 4 is 17.4 Å². The molecular weight excluding hydrogens is 292 g/mol. The molecule has 0 aliphatic rings. The molecule has 7 heteroatoms. The third kappa shape index (κ3) is 3.63. The Morgan fingerprint density at radius 3 is 2.45 bits per heavy atom. The molecule has 0 fully saturated rings. The summed E-state index contributed by atoms with van der Waals surface area (Å²) >= 11 is 1.15. The smallest absolute Gasteiger partial charge is 0.399 e. The summed E-state index contributed by atoms with van der Waals surface area (Å²) in [5.41, 5.74) is 5.37. The van der Waals surface area contributed by atoms with Crippen LogP contribution in [-0.4, -0.2) is 4.98 Å². The summed E-state index contributed by atoms with van der Waals surface area (Å²) < 4.78 is 50.6. The summed E-state index contributed by atoms with van der Waals surface area (Å²) in [7, 11) is 0. The first-order chi connectivity index (χ1) is 9.36. The standard InChI is InChI=1S/C13H10F4N2S/c14-11-5-10(18)3-1-8(11)7-20-12-4-2-9(6-19-12)13(15,16)17/h1-6H,7,18H2. The molecule has 0 unspecified atom stereocenters. The van der Waals surface area contributed by atoms with Gasteiger partial charge in [0.05, 0.1) is 10.6 Å². The SMILES string of the molecule is Nc1ccc(CSc2ccc(C(F)(F)F)cn2)c(F)c1. The predicted octanol–water partition coefficient (Wildman–Crippen LogP) is 4.11. The molecule has 1 aromatic carbocycles. The van der Waals surface area contributed by atoms with Gasteiger partial charge in [0.1, 0.15) is 5.82 Å². The van der Waals surface area contributed by atoms with E-state index in [1.807, 2.05) is 0 Å². The molecular formula is C13H10F4N2S. The number of hydrogen-bond donors (Lipinski definition) is 1. The van der Waals surface area contributed by atoms with Crippen LogP contribution in [0.25, 0.3) is 0 Å². The highest BCUT2D eigenvalue weighted by Crippen LogP contribution is 2.30. The van der Waals surface area contributed by atoms with Crippen molar-refractivity contribution in [2.24, 2.45) is 0 Å². The van der Waals surface area contributed by atoms with Crippen molar-refractivity contribution in [3.05, 3.63) is 53.5 Å². The molecule has 106 valence electrons. The Hall–Kier alpha value is -1.76. The molecule has 0 atom stereocenters. The first-order valence-electron chi connectivity index (χ1n) is 5.56. The van der Waals surface area contributed by atoms with Crippen molar-refractivity contribution in [3.63, 3.8) is 0 Å². The zero-order valence-electron chi connectivity index (χ0n) is 10.1. The van der Waals surface area contributed by atoms with Crippen LogP contribution in [0.15, 0.2) is 41.6 Å². The van der Waals surface area contributed by atoms with Gasteiger partial charge in [0, 0.05) is 17.6 Å². The van der Waals surface area contributed by atoms with Crippen molar-refractivity contribution in [2.45, 2.75) is 17.0 Å². The number of nitrogen functional groups attached to an aromatic ring is 1. The Labute approximate surface area is 117 Å². The second-order valence-electron chi connectivity index (χ2n) is 4.02. The molecule has 1 heterocycles. The monoisotopic (exact) mass is 302 g/mol. The molecule has 0 radical (unpaired) electrons. The summed E-state index contributed by atoms with van der Waals surface area (Å²) in [5.74, 6) is -0.172. The van der Waals surface area contributed by atoms with Gasteiger partial charge in [0.25, 0.3) is 0 Å². The Morgan fingerprint density at radius 1 is 1.15 bits per heavy atom. The molecule has 20 heavy (non-hydrogen) atoms. The van der Waals surface area contributed by atoms with Gasteiger partial charge < -0.3 is 5.73 Å². The second-order valence-corrected chi connectivity index (χ2v) is 5.02. The number of pyridine rings is 1. The summed E-state index contributed by atoms with van der Waals surface area (Å²) in [6.45, 7) is 0. The van der Waals surface area contributed by atoms with Crippen LogP contribution in [0.2, 0.25) is 0 Å². The fourth-order valence-corrected chi connectivity index (χ4v) is 2.29. The summed E-state index contributed by atoms with van der Waals surface area (Å²) in [4.78, 5) is 3.70. The minimum atomic E-state index is -4.40. The van der Waals surface area contributed by atoms with Crippen molar-refractivity contribution in [2.75, 3.05) is 5.73 Å². The number of benzene rings is 1. The third-order valence-corrected chi connectivity index (χ3v) is 3.51. The first-order valence-corrected chi connectivity index (χ1v) is 6.55. The van der Waals surface area contributed by atoms with Gasteiger partial charge in [-0.25, -0.2) is 9.37 Å². The third-order valence-electron chi connectivity index (χ3n) is 2.52. The average molecular weight is 302 g/mol. The van der Waals surface area contributed by atoms with E-state index in [9.17, 15) is 17.6 Å². The molecule has 1 aromatic heterocycles. The maximum Gasteiger partial charge on any atom is 0.417 e. The molecule has 2 aromatic rings.